The average molecular weight is 413 g/mol. The summed E-state index contributed by atoms with van der Waals surface area (Å²) in [5.41, 5.74) is 0. The number of carbonyl (C=O) groups excluding carboxylic acids is 2. The van der Waals surface area contributed by atoms with E-state index in [2.05, 4.69) is 4.72 Å². The molecule has 1 aromatic heterocycles. The van der Waals surface area contributed by atoms with Crippen molar-refractivity contribution >= 4 is 33.1 Å². The monoisotopic (exact) mass is 413 g/mol. The molecule has 2 rings (SSSR count). The second-order valence-corrected chi connectivity index (χ2v) is 8.36. The van der Waals surface area contributed by atoms with Gasteiger partial charge in [0, 0.05) is 10.9 Å². The fraction of sp³-hybridized carbons (Fsp3) is 0.294. The molecule has 2 aromatic rings. The molecule has 0 atom stereocenters. The van der Waals surface area contributed by atoms with Crippen LogP contribution in [0.4, 0.5) is 0 Å². The predicted molar refractivity (Wildman–Crippen MR) is 99.1 cm³/mol. The van der Waals surface area contributed by atoms with Crippen molar-refractivity contribution in [2.24, 2.45) is 0 Å². The van der Waals surface area contributed by atoms with Crippen LogP contribution in [0, 0.1) is 6.92 Å². The van der Waals surface area contributed by atoms with E-state index in [4.69, 9.17) is 14.2 Å². The lowest BCUT2D eigenvalue weighted by molar-refractivity contribution is -0.141. The van der Waals surface area contributed by atoms with E-state index < -0.39 is 29.1 Å². The van der Waals surface area contributed by atoms with Crippen LogP contribution in [0.25, 0.3) is 0 Å². The molecular weight excluding hydrogens is 394 g/mol. The van der Waals surface area contributed by atoms with Gasteiger partial charge in [0.15, 0.2) is 6.61 Å². The lowest BCUT2D eigenvalue weighted by atomic mass is 10.3. The maximum absolute atomic E-state index is 12.4. The topological polar surface area (TPSA) is 108 Å². The highest BCUT2D eigenvalue weighted by Crippen LogP contribution is 2.27. The van der Waals surface area contributed by atoms with E-state index in [1.165, 1.54) is 37.7 Å². The fourth-order valence-electron chi connectivity index (χ4n) is 2.08. The number of esters is 1. The molecule has 8 nitrogen and oxygen atoms in total. The van der Waals surface area contributed by atoms with Gasteiger partial charge in [-0.25, -0.2) is 8.42 Å². The van der Waals surface area contributed by atoms with Gasteiger partial charge in [0.25, 0.3) is 0 Å². The van der Waals surface area contributed by atoms with E-state index in [9.17, 15) is 18.0 Å². The van der Waals surface area contributed by atoms with Gasteiger partial charge >= 0.3 is 5.97 Å². The molecule has 0 bridgehead atoms. The third-order valence-corrected chi connectivity index (χ3v) is 5.91. The van der Waals surface area contributed by atoms with E-state index in [0.29, 0.717) is 10.6 Å². The SMILES string of the molecule is COc1ccc(OC)c(S(=O)(=O)NCC(=O)OCC(=O)c2ccc(C)s2)c1. The predicted octanol–water partition coefficient (Wildman–Crippen LogP) is 1.78. The maximum atomic E-state index is 12.4. The Hall–Kier alpha value is -2.43. The second kappa shape index (κ2) is 8.98. The number of hydrogen-bond acceptors (Lipinski definition) is 8. The summed E-state index contributed by atoms with van der Waals surface area (Å²) in [6.45, 7) is 0.775. The van der Waals surface area contributed by atoms with E-state index >= 15 is 0 Å². The lowest BCUT2D eigenvalue weighted by Crippen LogP contribution is -2.31. The summed E-state index contributed by atoms with van der Waals surface area (Å²) in [4.78, 5) is 24.9. The Morgan fingerprint density at radius 1 is 1.11 bits per heavy atom. The molecule has 1 heterocycles. The van der Waals surface area contributed by atoms with E-state index in [1.807, 2.05) is 6.92 Å². The highest BCUT2D eigenvalue weighted by atomic mass is 32.2. The zero-order valence-corrected chi connectivity index (χ0v) is 16.6. The van der Waals surface area contributed by atoms with Crippen LogP contribution in [0.15, 0.2) is 35.2 Å². The molecule has 1 N–H and O–H groups in total. The first-order valence-corrected chi connectivity index (χ1v) is 10.0. The molecule has 0 radical (unpaired) electrons. The van der Waals surface area contributed by atoms with Gasteiger partial charge in [-0.3, -0.25) is 9.59 Å². The third-order valence-electron chi connectivity index (χ3n) is 3.45. The summed E-state index contributed by atoms with van der Waals surface area (Å²) < 4.78 is 41.9. The molecule has 0 spiro atoms. The molecule has 0 fully saturated rings. The normalized spacial score (nSPS) is 11.1. The number of ether oxygens (including phenoxy) is 3. The van der Waals surface area contributed by atoms with Gasteiger partial charge in [-0.15, -0.1) is 11.3 Å². The van der Waals surface area contributed by atoms with Crippen molar-refractivity contribution in [1.29, 1.82) is 0 Å². The Kier molecular flexibility index (Phi) is 6.94. The Morgan fingerprint density at radius 2 is 1.85 bits per heavy atom. The number of carbonyl (C=O) groups is 2. The minimum Gasteiger partial charge on any atom is -0.497 e. The van der Waals surface area contributed by atoms with Gasteiger partial charge in [-0.05, 0) is 31.2 Å². The summed E-state index contributed by atoms with van der Waals surface area (Å²) >= 11 is 1.29. The summed E-state index contributed by atoms with van der Waals surface area (Å²) in [5, 5.41) is 0. The number of sulfonamides is 1. The number of rotatable bonds is 9. The summed E-state index contributed by atoms with van der Waals surface area (Å²) in [7, 11) is -1.33. The highest BCUT2D eigenvalue weighted by Gasteiger charge is 2.22. The van der Waals surface area contributed by atoms with Gasteiger partial charge in [0.05, 0.1) is 19.1 Å². The average Bonchev–Trinajstić information content (AvgIpc) is 3.10. The first kappa shape index (κ1) is 20.9. The standard InChI is InChI=1S/C17H19NO7S2/c1-11-4-7-15(26-11)13(19)10-25-17(20)9-18-27(21,22)16-8-12(23-2)5-6-14(16)24-3/h4-8,18H,9-10H2,1-3H3. The van der Waals surface area contributed by atoms with E-state index in [1.54, 1.807) is 18.2 Å². The van der Waals surface area contributed by atoms with Crippen molar-refractivity contribution in [3.05, 3.63) is 40.1 Å². The van der Waals surface area contributed by atoms with Gasteiger partial charge in [0.1, 0.15) is 22.9 Å². The molecule has 0 aliphatic carbocycles. The van der Waals surface area contributed by atoms with Crippen LogP contribution in [0.3, 0.4) is 0 Å². The second-order valence-electron chi connectivity index (χ2n) is 5.34. The number of methoxy groups -OCH3 is 2. The number of nitrogens with one attached hydrogen (secondary N) is 1. The minimum atomic E-state index is -4.06. The molecule has 0 unspecified atom stereocenters. The first-order chi connectivity index (χ1) is 12.8. The van der Waals surface area contributed by atoms with Gasteiger partial charge in [-0.2, -0.15) is 4.72 Å². The van der Waals surface area contributed by atoms with Crippen molar-refractivity contribution < 1.29 is 32.2 Å². The van der Waals surface area contributed by atoms with Crippen molar-refractivity contribution in [2.75, 3.05) is 27.4 Å². The van der Waals surface area contributed by atoms with Gasteiger partial charge in [-0.1, -0.05) is 0 Å². The Morgan fingerprint density at radius 3 is 2.44 bits per heavy atom. The Balaban J connectivity index is 1.96. The summed E-state index contributed by atoms with van der Waals surface area (Å²) in [6, 6.07) is 7.69. The van der Waals surface area contributed by atoms with E-state index in [-0.39, 0.29) is 16.4 Å². The quantitative estimate of drug-likeness (QED) is 0.493. The highest BCUT2D eigenvalue weighted by molar-refractivity contribution is 7.89. The van der Waals surface area contributed by atoms with Crippen LogP contribution in [0.5, 0.6) is 11.5 Å². The summed E-state index contributed by atoms with van der Waals surface area (Å²) in [6.07, 6.45) is 0. The first-order valence-electron chi connectivity index (χ1n) is 7.74. The molecule has 0 saturated carbocycles. The number of ketones is 1. The Labute approximate surface area is 161 Å². The van der Waals surface area contributed by atoms with Crippen molar-refractivity contribution in [2.45, 2.75) is 11.8 Å². The van der Waals surface area contributed by atoms with Gasteiger partial charge in [0.2, 0.25) is 15.8 Å². The van der Waals surface area contributed by atoms with Crippen LogP contribution >= 0.6 is 11.3 Å². The third kappa shape index (κ3) is 5.52. The molecular formula is C17H19NO7S2. The van der Waals surface area contributed by atoms with Crippen LogP contribution in [0.2, 0.25) is 0 Å². The van der Waals surface area contributed by atoms with Crippen molar-refractivity contribution in [3.63, 3.8) is 0 Å². The molecule has 0 saturated heterocycles. The van der Waals surface area contributed by atoms with E-state index in [0.717, 1.165) is 4.88 Å². The Bertz CT molecular complexity index is 935. The zero-order valence-electron chi connectivity index (χ0n) is 15.0. The van der Waals surface area contributed by atoms with Crippen LogP contribution in [-0.4, -0.2) is 47.5 Å². The largest absolute Gasteiger partial charge is 0.497 e. The fourth-order valence-corrected chi connectivity index (χ4v) is 4.02. The smallest absolute Gasteiger partial charge is 0.321 e. The molecule has 0 aliphatic rings. The number of benzene rings is 1. The molecule has 0 aliphatic heterocycles. The van der Waals surface area contributed by atoms with Crippen LogP contribution in [0.1, 0.15) is 14.5 Å². The van der Waals surface area contributed by atoms with Crippen molar-refractivity contribution in [3.8, 4) is 11.5 Å². The van der Waals surface area contributed by atoms with Gasteiger partial charge < -0.3 is 14.2 Å². The molecule has 27 heavy (non-hydrogen) atoms. The number of Topliss-reactive ketones (excluding diaryl/α,β-unsaturated/α-hetero) is 1. The van der Waals surface area contributed by atoms with Crippen LogP contribution < -0.4 is 14.2 Å². The zero-order chi connectivity index (χ0) is 20.0. The minimum absolute atomic E-state index is 0.0971. The van der Waals surface area contributed by atoms with Crippen LogP contribution in [-0.2, 0) is 19.6 Å². The lowest BCUT2D eigenvalue weighted by Gasteiger charge is -2.12. The number of thiophene rings is 1. The molecule has 10 heteroatoms. The maximum Gasteiger partial charge on any atom is 0.321 e. The van der Waals surface area contributed by atoms with Crippen molar-refractivity contribution in [1.82, 2.24) is 4.72 Å². The molecule has 146 valence electrons. The summed E-state index contributed by atoms with van der Waals surface area (Å²) in [5.74, 6) is -0.809. The molecule has 1 aromatic carbocycles. The molecule has 0 amide bonds. The number of hydrogen-bond donors (Lipinski definition) is 1. The number of aryl methyl sites for hydroxylation is 1.